The Morgan fingerprint density at radius 1 is 1.05 bits per heavy atom. The van der Waals surface area contributed by atoms with Crippen LogP contribution < -0.4 is 5.32 Å². The smallest absolute Gasteiger partial charge is 0.120 e. The molecule has 3 rings (SSSR count). The van der Waals surface area contributed by atoms with Gasteiger partial charge in [0.05, 0.1) is 11.2 Å². The number of aromatic nitrogens is 1. The largest absolute Gasteiger partial charge is 0.508 e. The highest BCUT2D eigenvalue weighted by Crippen LogP contribution is 2.24. The Bertz CT molecular complexity index is 796. The first-order valence-electron chi connectivity index (χ1n) is 7.02. The van der Waals surface area contributed by atoms with Gasteiger partial charge < -0.3 is 10.4 Å². The molecular formula is C18H18N2O. The standard InChI is InChI=1S/C18H18N2O/c1-12-6-9-17(21)15(10-12)11-19-16-5-3-4-14-8-7-13(2)20-18(14)16/h3-10,19,21H,11H2,1-2H3. The monoisotopic (exact) mass is 278 g/mol. The molecule has 3 aromatic rings. The summed E-state index contributed by atoms with van der Waals surface area (Å²) in [6.45, 7) is 4.58. The summed E-state index contributed by atoms with van der Waals surface area (Å²) in [6, 6.07) is 15.8. The summed E-state index contributed by atoms with van der Waals surface area (Å²) in [4.78, 5) is 4.60. The predicted octanol–water partition coefficient (Wildman–Crippen LogP) is 4.17. The van der Waals surface area contributed by atoms with Crippen molar-refractivity contribution in [3.05, 3.63) is 65.4 Å². The minimum Gasteiger partial charge on any atom is -0.508 e. The van der Waals surface area contributed by atoms with Gasteiger partial charge in [0.1, 0.15) is 5.75 Å². The number of hydrogen-bond donors (Lipinski definition) is 2. The minimum absolute atomic E-state index is 0.317. The van der Waals surface area contributed by atoms with E-state index in [1.54, 1.807) is 6.07 Å². The molecule has 0 aliphatic carbocycles. The van der Waals surface area contributed by atoms with Crippen LogP contribution in [0.5, 0.6) is 5.75 Å². The Balaban J connectivity index is 1.91. The van der Waals surface area contributed by atoms with Gasteiger partial charge in [-0.15, -0.1) is 0 Å². The fourth-order valence-electron chi connectivity index (χ4n) is 2.43. The number of fused-ring (bicyclic) bond motifs is 1. The summed E-state index contributed by atoms with van der Waals surface area (Å²) in [5.74, 6) is 0.317. The predicted molar refractivity (Wildman–Crippen MR) is 86.7 cm³/mol. The summed E-state index contributed by atoms with van der Waals surface area (Å²) >= 11 is 0. The van der Waals surface area contributed by atoms with E-state index in [0.717, 1.165) is 33.4 Å². The summed E-state index contributed by atoms with van der Waals surface area (Å²) < 4.78 is 0. The summed E-state index contributed by atoms with van der Waals surface area (Å²) in [5.41, 5.74) is 4.97. The fraction of sp³-hybridized carbons (Fsp3) is 0.167. The van der Waals surface area contributed by atoms with Gasteiger partial charge in [0.25, 0.3) is 0 Å². The van der Waals surface area contributed by atoms with E-state index in [4.69, 9.17) is 0 Å². The number of anilines is 1. The molecule has 0 saturated heterocycles. The van der Waals surface area contributed by atoms with Crippen LogP contribution in [0.15, 0.2) is 48.5 Å². The van der Waals surface area contributed by atoms with Crippen molar-refractivity contribution in [3.8, 4) is 5.75 Å². The molecule has 0 fully saturated rings. The molecule has 0 aliphatic heterocycles. The van der Waals surface area contributed by atoms with E-state index >= 15 is 0 Å². The first kappa shape index (κ1) is 13.4. The van der Waals surface area contributed by atoms with Gasteiger partial charge in [0.15, 0.2) is 0 Å². The zero-order valence-corrected chi connectivity index (χ0v) is 12.2. The molecule has 0 aliphatic rings. The third-order valence-corrected chi connectivity index (χ3v) is 3.56. The number of para-hydroxylation sites is 1. The molecule has 2 N–H and O–H groups in total. The molecular weight excluding hydrogens is 260 g/mol. The van der Waals surface area contributed by atoms with Crippen LogP contribution in [0.1, 0.15) is 16.8 Å². The normalized spacial score (nSPS) is 10.8. The van der Waals surface area contributed by atoms with Gasteiger partial charge in [-0.2, -0.15) is 0 Å². The van der Waals surface area contributed by atoms with Gasteiger partial charge in [0, 0.05) is 23.2 Å². The number of nitrogens with zero attached hydrogens (tertiary/aromatic N) is 1. The highest BCUT2D eigenvalue weighted by atomic mass is 16.3. The molecule has 1 heterocycles. The number of hydrogen-bond acceptors (Lipinski definition) is 3. The van der Waals surface area contributed by atoms with Crippen molar-refractivity contribution >= 4 is 16.6 Å². The lowest BCUT2D eigenvalue weighted by molar-refractivity contribution is 0.469. The maximum absolute atomic E-state index is 9.91. The fourth-order valence-corrected chi connectivity index (χ4v) is 2.43. The first-order valence-corrected chi connectivity index (χ1v) is 7.02. The van der Waals surface area contributed by atoms with Crippen LogP contribution in [0.2, 0.25) is 0 Å². The van der Waals surface area contributed by atoms with Crippen LogP contribution >= 0.6 is 0 Å². The number of pyridine rings is 1. The van der Waals surface area contributed by atoms with Crippen molar-refractivity contribution in [2.24, 2.45) is 0 Å². The second kappa shape index (κ2) is 5.44. The molecule has 21 heavy (non-hydrogen) atoms. The van der Waals surface area contributed by atoms with Gasteiger partial charge in [-0.25, -0.2) is 0 Å². The van der Waals surface area contributed by atoms with Gasteiger partial charge in [-0.1, -0.05) is 35.9 Å². The molecule has 0 amide bonds. The Morgan fingerprint density at radius 3 is 2.76 bits per heavy atom. The van der Waals surface area contributed by atoms with Gasteiger partial charge in [-0.05, 0) is 32.0 Å². The molecule has 1 aromatic heterocycles. The lowest BCUT2D eigenvalue weighted by Crippen LogP contribution is -2.01. The Labute approximate surface area is 124 Å². The lowest BCUT2D eigenvalue weighted by atomic mass is 10.1. The van der Waals surface area contributed by atoms with E-state index in [1.165, 1.54) is 0 Å². The maximum Gasteiger partial charge on any atom is 0.120 e. The highest BCUT2D eigenvalue weighted by molar-refractivity contribution is 5.90. The molecule has 3 nitrogen and oxygen atoms in total. The average Bonchev–Trinajstić information content (AvgIpc) is 2.48. The van der Waals surface area contributed by atoms with Gasteiger partial charge in [-0.3, -0.25) is 4.98 Å². The van der Waals surface area contributed by atoms with Crippen molar-refractivity contribution in [1.29, 1.82) is 0 Å². The number of aromatic hydroxyl groups is 1. The third kappa shape index (κ3) is 2.82. The van der Waals surface area contributed by atoms with Crippen molar-refractivity contribution in [2.75, 3.05) is 5.32 Å². The summed E-state index contributed by atoms with van der Waals surface area (Å²) in [7, 11) is 0. The Kier molecular flexibility index (Phi) is 3.48. The van der Waals surface area contributed by atoms with Crippen LogP contribution in [0, 0.1) is 13.8 Å². The van der Waals surface area contributed by atoms with Crippen LogP contribution in [0.3, 0.4) is 0 Å². The summed E-state index contributed by atoms with van der Waals surface area (Å²) in [6.07, 6.45) is 0. The second-order valence-electron chi connectivity index (χ2n) is 5.32. The summed E-state index contributed by atoms with van der Waals surface area (Å²) in [5, 5.41) is 14.4. The van der Waals surface area contributed by atoms with E-state index in [-0.39, 0.29) is 0 Å². The number of aryl methyl sites for hydroxylation is 2. The first-order chi connectivity index (χ1) is 10.1. The van der Waals surface area contributed by atoms with Crippen LogP contribution in [0.4, 0.5) is 5.69 Å². The maximum atomic E-state index is 9.91. The third-order valence-electron chi connectivity index (χ3n) is 3.56. The molecule has 2 aromatic carbocycles. The Hall–Kier alpha value is -2.55. The molecule has 0 saturated carbocycles. The molecule has 106 valence electrons. The average molecular weight is 278 g/mol. The lowest BCUT2D eigenvalue weighted by Gasteiger charge is -2.11. The quantitative estimate of drug-likeness (QED) is 0.755. The van der Waals surface area contributed by atoms with E-state index in [0.29, 0.717) is 12.3 Å². The van der Waals surface area contributed by atoms with Crippen LogP contribution in [-0.2, 0) is 6.54 Å². The van der Waals surface area contributed by atoms with Crippen LogP contribution in [-0.4, -0.2) is 10.1 Å². The second-order valence-corrected chi connectivity index (χ2v) is 5.32. The van der Waals surface area contributed by atoms with Crippen LogP contribution in [0.25, 0.3) is 10.9 Å². The topological polar surface area (TPSA) is 45.1 Å². The van der Waals surface area contributed by atoms with E-state index in [1.807, 2.05) is 44.2 Å². The Morgan fingerprint density at radius 2 is 1.90 bits per heavy atom. The number of phenolic OH excluding ortho intramolecular Hbond substituents is 1. The molecule has 3 heteroatoms. The molecule has 0 unspecified atom stereocenters. The number of phenols is 1. The molecule has 0 spiro atoms. The van der Waals surface area contributed by atoms with E-state index < -0.39 is 0 Å². The van der Waals surface area contributed by atoms with Crippen molar-refractivity contribution < 1.29 is 5.11 Å². The highest BCUT2D eigenvalue weighted by Gasteiger charge is 2.05. The SMILES string of the molecule is Cc1ccc(O)c(CNc2cccc3ccc(C)nc23)c1. The van der Waals surface area contributed by atoms with Crippen molar-refractivity contribution in [1.82, 2.24) is 4.98 Å². The van der Waals surface area contributed by atoms with Crippen molar-refractivity contribution in [3.63, 3.8) is 0 Å². The van der Waals surface area contributed by atoms with Gasteiger partial charge in [0.2, 0.25) is 0 Å². The van der Waals surface area contributed by atoms with Gasteiger partial charge >= 0.3 is 0 Å². The molecule has 0 atom stereocenters. The van der Waals surface area contributed by atoms with Crippen molar-refractivity contribution in [2.45, 2.75) is 20.4 Å². The number of nitrogens with one attached hydrogen (secondary N) is 1. The molecule has 0 radical (unpaired) electrons. The zero-order valence-electron chi connectivity index (χ0n) is 12.2. The zero-order chi connectivity index (χ0) is 14.8. The number of benzene rings is 2. The van der Waals surface area contributed by atoms with E-state index in [2.05, 4.69) is 22.4 Å². The molecule has 0 bridgehead atoms. The van der Waals surface area contributed by atoms with E-state index in [9.17, 15) is 5.11 Å². The minimum atomic E-state index is 0.317. The number of rotatable bonds is 3.